The summed E-state index contributed by atoms with van der Waals surface area (Å²) in [6, 6.07) is -0.0838. The molecular formula is C16H29N3O2. The third kappa shape index (κ3) is 4.61. The molecule has 0 radical (unpaired) electrons. The predicted molar refractivity (Wildman–Crippen MR) is 83.0 cm³/mol. The van der Waals surface area contributed by atoms with E-state index in [0.717, 1.165) is 25.7 Å². The van der Waals surface area contributed by atoms with E-state index < -0.39 is 0 Å². The summed E-state index contributed by atoms with van der Waals surface area (Å²) in [6.45, 7) is 6.58. The van der Waals surface area contributed by atoms with E-state index in [0.29, 0.717) is 6.54 Å². The summed E-state index contributed by atoms with van der Waals surface area (Å²) in [4.78, 5) is 26.5. The van der Waals surface area contributed by atoms with Crippen LogP contribution in [0.25, 0.3) is 0 Å². The van der Waals surface area contributed by atoms with Crippen molar-refractivity contribution in [2.75, 3.05) is 6.54 Å². The van der Waals surface area contributed by atoms with Crippen molar-refractivity contribution < 1.29 is 9.59 Å². The van der Waals surface area contributed by atoms with Gasteiger partial charge in [0.25, 0.3) is 0 Å². The fourth-order valence-electron chi connectivity index (χ4n) is 3.24. The molecule has 3 amide bonds. The van der Waals surface area contributed by atoms with Gasteiger partial charge in [0.15, 0.2) is 0 Å². The highest BCUT2D eigenvalue weighted by atomic mass is 16.2. The monoisotopic (exact) mass is 295 g/mol. The summed E-state index contributed by atoms with van der Waals surface area (Å²) >= 11 is 0. The van der Waals surface area contributed by atoms with Crippen molar-refractivity contribution >= 4 is 11.9 Å². The second-order valence-electron chi connectivity index (χ2n) is 7.38. The van der Waals surface area contributed by atoms with Gasteiger partial charge in [-0.25, -0.2) is 4.79 Å². The highest BCUT2D eigenvalue weighted by Gasteiger charge is 2.36. The molecule has 0 aromatic heterocycles. The SMILES string of the molecule is CC(C)(C)NC(=O)[C@@H]1CCCN1C(=O)NC1CCCCC1. The molecule has 1 atom stereocenters. The molecule has 1 heterocycles. The lowest BCUT2D eigenvalue weighted by Crippen LogP contribution is -2.54. The number of carbonyl (C=O) groups excluding carboxylic acids is 2. The first kappa shape index (κ1) is 16.1. The average molecular weight is 295 g/mol. The molecule has 1 saturated heterocycles. The molecule has 2 N–H and O–H groups in total. The maximum absolute atomic E-state index is 12.4. The van der Waals surface area contributed by atoms with E-state index in [9.17, 15) is 9.59 Å². The second-order valence-corrected chi connectivity index (χ2v) is 7.38. The maximum Gasteiger partial charge on any atom is 0.318 e. The summed E-state index contributed by atoms with van der Waals surface area (Å²) in [5.74, 6) is -0.0289. The molecule has 1 aliphatic carbocycles. The van der Waals surface area contributed by atoms with E-state index in [1.165, 1.54) is 19.3 Å². The maximum atomic E-state index is 12.4. The molecule has 2 fully saturated rings. The zero-order valence-electron chi connectivity index (χ0n) is 13.6. The van der Waals surface area contributed by atoms with Crippen molar-refractivity contribution in [1.29, 1.82) is 0 Å². The molecule has 21 heavy (non-hydrogen) atoms. The van der Waals surface area contributed by atoms with Gasteiger partial charge in [-0.3, -0.25) is 4.79 Å². The molecule has 1 saturated carbocycles. The van der Waals surface area contributed by atoms with Gasteiger partial charge in [-0.05, 0) is 46.5 Å². The summed E-state index contributed by atoms with van der Waals surface area (Å²) < 4.78 is 0. The van der Waals surface area contributed by atoms with Gasteiger partial charge in [0, 0.05) is 18.1 Å². The Labute approximate surface area is 127 Å². The van der Waals surface area contributed by atoms with Crippen LogP contribution in [-0.2, 0) is 4.79 Å². The lowest BCUT2D eigenvalue weighted by molar-refractivity contribution is -0.126. The van der Waals surface area contributed by atoms with Crippen LogP contribution in [0.15, 0.2) is 0 Å². The van der Waals surface area contributed by atoms with Crippen LogP contribution in [0, 0.1) is 0 Å². The van der Waals surface area contributed by atoms with E-state index >= 15 is 0 Å². The molecule has 120 valence electrons. The third-order valence-corrected chi connectivity index (χ3v) is 4.25. The smallest absolute Gasteiger partial charge is 0.318 e. The van der Waals surface area contributed by atoms with Crippen LogP contribution in [0.2, 0.25) is 0 Å². The van der Waals surface area contributed by atoms with Gasteiger partial charge in [-0.15, -0.1) is 0 Å². The normalized spacial score (nSPS) is 24.0. The number of hydrogen-bond acceptors (Lipinski definition) is 2. The Balaban J connectivity index is 1.91. The summed E-state index contributed by atoms with van der Waals surface area (Å²) in [6.07, 6.45) is 7.46. The number of carbonyl (C=O) groups is 2. The van der Waals surface area contributed by atoms with Gasteiger partial charge in [0.05, 0.1) is 0 Å². The van der Waals surface area contributed by atoms with Gasteiger partial charge in [0.1, 0.15) is 6.04 Å². The Kier molecular flexibility index (Phi) is 5.12. The van der Waals surface area contributed by atoms with Crippen LogP contribution in [0.5, 0.6) is 0 Å². The number of nitrogens with one attached hydrogen (secondary N) is 2. The average Bonchev–Trinajstić information content (AvgIpc) is 2.87. The van der Waals surface area contributed by atoms with Crippen LogP contribution in [0.1, 0.15) is 65.7 Å². The Hall–Kier alpha value is -1.26. The number of hydrogen-bond donors (Lipinski definition) is 2. The van der Waals surface area contributed by atoms with Crippen molar-refractivity contribution in [3.8, 4) is 0 Å². The molecule has 5 nitrogen and oxygen atoms in total. The fourth-order valence-corrected chi connectivity index (χ4v) is 3.24. The Morgan fingerprint density at radius 2 is 1.67 bits per heavy atom. The first-order valence-corrected chi connectivity index (χ1v) is 8.26. The van der Waals surface area contributed by atoms with Crippen molar-refractivity contribution in [3.63, 3.8) is 0 Å². The van der Waals surface area contributed by atoms with E-state index in [4.69, 9.17) is 0 Å². The topological polar surface area (TPSA) is 61.4 Å². The molecule has 5 heteroatoms. The standard InChI is InChI=1S/C16H29N3O2/c1-16(2,3)18-14(20)13-10-7-11-19(13)15(21)17-12-8-5-4-6-9-12/h12-13H,4-11H2,1-3H3,(H,17,21)(H,18,20)/t13-/m0/s1. The summed E-state index contributed by atoms with van der Waals surface area (Å²) in [7, 11) is 0. The predicted octanol–water partition coefficient (Wildman–Crippen LogP) is 2.41. The fraction of sp³-hybridized carbons (Fsp3) is 0.875. The molecule has 1 aliphatic heterocycles. The molecule has 0 bridgehead atoms. The minimum atomic E-state index is -0.312. The molecule has 0 spiro atoms. The van der Waals surface area contributed by atoms with Gasteiger partial charge in [-0.2, -0.15) is 0 Å². The van der Waals surface area contributed by atoms with Crippen LogP contribution >= 0.6 is 0 Å². The quantitative estimate of drug-likeness (QED) is 0.822. The number of nitrogens with zero attached hydrogens (tertiary/aromatic N) is 1. The lowest BCUT2D eigenvalue weighted by atomic mass is 9.96. The highest BCUT2D eigenvalue weighted by Crippen LogP contribution is 2.21. The van der Waals surface area contributed by atoms with Gasteiger partial charge in [0.2, 0.25) is 5.91 Å². The molecule has 2 rings (SSSR count). The third-order valence-electron chi connectivity index (χ3n) is 4.25. The second kappa shape index (κ2) is 6.67. The van der Waals surface area contributed by atoms with Crippen LogP contribution in [-0.4, -0.2) is 41.0 Å². The zero-order chi connectivity index (χ0) is 15.5. The largest absolute Gasteiger partial charge is 0.350 e. The van der Waals surface area contributed by atoms with E-state index in [-0.39, 0.29) is 29.6 Å². The van der Waals surface area contributed by atoms with Crippen LogP contribution in [0.4, 0.5) is 4.79 Å². The molecule has 0 unspecified atom stereocenters. The number of amides is 3. The van der Waals surface area contributed by atoms with Crippen molar-refractivity contribution in [2.45, 2.75) is 83.3 Å². The number of rotatable bonds is 2. The minimum absolute atomic E-state index is 0.0289. The minimum Gasteiger partial charge on any atom is -0.350 e. The molecular weight excluding hydrogens is 266 g/mol. The van der Waals surface area contributed by atoms with E-state index in [1.54, 1.807) is 4.90 Å². The Morgan fingerprint density at radius 1 is 1.00 bits per heavy atom. The molecule has 0 aromatic carbocycles. The molecule has 0 aromatic rings. The van der Waals surface area contributed by atoms with Crippen molar-refractivity contribution in [2.24, 2.45) is 0 Å². The highest BCUT2D eigenvalue weighted by molar-refractivity contribution is 5.88. The van der Waals surface area contributed by atoms with Gasteiger partial charge >= 0.3 is 6.03 Å². The lowest BCUT2D eigenvalue weighted by Gasteiger charge is -2.30. The van der Waals surface area contributed by atoms with Crippen LogP contribution in [0.3, 0.4) is 0 Å². The number of urea groups is 1. The summed E-state index contributed by atoms with van der Waals surface area (Å²) in [5, 5.41) is 6.10. The zero-order valence-corrected chi connectivity index (χ0v) is 13.6. The summed E-state index contributed by atoms with van der Waals surface area (Å²) in [5.41, 5.74) is -0.259. The van der Waals surface area contributed by atoms with Gasteiger partial charge < -0.3 is 15.5 Å². The van der Waals surface area contributed by atoms with E-state index in [1.807, 2.05) is 20.8 Å². The van der Waals surface area contributed by atoms with Gasteiger partial charge in [-0.1, -0.05) is 19.3 Å². The van der Waals surface area contributed by atoms with Crippen molar-refractivity contribution in [1.82, 2.24) is 15.5 Å². The molecule has 2 aliphatic rings. The first-order chi connectivity index (χ1) is 9.87. The first-order valence-electron chi connectivity index (χ1n) is 8.26. The Morgan fingerprint density at radius 3 is 2.29 bits per heavy atom. The Bertz CT molecular complexity index is 383. The van der Waals surface area contributed by atoms with Crippen molar-refractivity contribution in [3.05, 3.63) is 0 Å². The van der Waals surface area contributed by atoms with E-state index in [2.05, 4.69) is 10.6 Å². The van der Waals surface area contributed by atoms with Crippen LogP contribution < -0.4 is 10.6 Å². The number of likely N-dealkylation sites (tertiary alicyclic amines) is 1.